The molecule has 0 radical (unpaired) electrons. The number of carbonyl (C=O) groups excluding carboxylic acids is 1. The van der Waals surface area contributed by atoms with Gasteiger partial charge in [-0.15, -0.1) is 0 Å². The number of hydrogen-bond acceptors (Lipinski definition) is 7. The van der Waals surface area contributed by atoms with E-state index in [-0.39, 0.29) is 6.03 Å². The third kappa shape index (κ3) is 6.33. The molecule has 0 atom stereocenters. The first kappa shape index (κ1) is 22.3. The van der Waals surface area contributed by atoms with Crippen molar-refractivity contribution < 1.29 is 14.3 Å². The van der Waals surface area contributed by atoms with Crippen LogP contribution in [0.3, 0.4) is 0 Å². The second kappa shape index (κ2) is 10.6. The lowest BCUT2D eigenvalue weighted by atomic mass is 10.2. The minimum atomic E-state index is -0.318. The summed E-state index contributed by atoms with van der Waals surface area (Å²) in [6.07, 6.45) is 0. The van der Waals surface area contributed by atoms with E-state index in [4.69, 9.17) is 9.47 Å². The van der Waals surface area contributed by atoms with Crippen molar-refractivity contribution in [3.05, 3.63) is 60.4 Å². The van der Waals surface area contributed by atoms with Crippen molar-refractivity contribution >= 4 is 34.7 Å². The summed E-state index contributed by atoms with van der Waals surface area (Å²) >= 11 is 0. The summed E-state index contributed by atoms with van der Waals surface area (Å²) in [6.45, 7) is 7.44. The normalized spacial score (nSPS) is 13.3. The standard InChI is InChI=1S/C24H28N6O3/c1-3-33-21-10-8-20(9-11-21)29-24(31)28-19-6-4-18(5-7-19)27-22-16-23(26-17(2)25-22)30-12-14-32-15-13-30/h4-11,16H,3,12-15H2,1-2H3,(H,25,26,27)(H2,28,29,31). The van der Waals surface area contributed by atoms with E-state index >= 15 is 0 Å². The van der Waals surface area contributed by atoms with Gasteiger partial charge >= 0.3 is 6.03 Å². The SMILES string of the molecule is CCOc1ccc(NC(=O)Nc2ccc(Nc3cc(N4CCOCC4)nc(C)n3)cc2)cc1. The van der Waals surface area contributed by atoms with E-state index in [1.54, 1.807) is 12.1 Å². The van der Waals surface area contributed by atoms with Gasteiger partial charge in [-0.1, -0.05) is 0 Å². The molecule has 1 fully saturated rings. The maximum atomic E-state index is 12.3. The fraction of sp³-hybridized carbons (Fsp3) is 0.292. The number of hydrogen-bond donors (Lipinski definition) is 3. The van der Waals surface area contributed by atoms with E-state index < -0.39 is 0 Å². The minimum Gasteiger partial charge on any atom is -0.494 e. The maximum absolute atomic E-state index is 12.3. The number of anilines is 5. The Balaban J connectivity index is 1.34. The van der Waals surface area contributed by atoms with Crippen molar-refractivity contribution in [3.8, 4) is 5.75 Å². The van der Waals surface area contributed by atoms with Gasteiger partial charge < -0.3 is 30.3 Å². The molecule has 2 amide bonds. The monoisotopic (exact) mass is 448 g/mol. The van der Waals surface area contributed by atoms with Gasteiger partial charge in [-0.25, -0.2) is 14.8 Å². The molecule has 1 saturated heterocycles. The Labute approximate surface area is 193 Å². The number of rotatable bonds is 7. The third-order valence-corrected chi connectivity index (χ3v) is 5.00. The predicted octanol–water partition coefficient (Wildman–Crippen LogP) is 4.41. The highest BCUT2D eigenvalue weighted by molar-refractivity contribution is 5.99. The lowest BCUT2D eigenvalue weighted by Crippen LogP contribution is -2.36. The van der Waals surface area contributed by atoms with Gasteiger partial charge in [0.2, 0.25) is 0 Å². The molecule has 0 unspecified atom stereocenters. The highest BCUT2D eigenvalue weighted by Crippen LogP contribution is 2.22. The number of benzene rings is 2. The fourth-order valence-corrected chi connectivity index (χ4v) is 3.45. The molecule has 0 saturated carbocycles. The molecule has 3 aromatic rings. The highest BCUT2D eigenvalue weighted by atomic mass is 16.5. The van der Waals surface area contributed by atoms with Crippen molar-refractivity contribution in [1.82, 2.24) is 9.97 Å². The van der Waals surface area contributed by atoms with E-state index in [1.165, 1.54) is 0 Å². The molecule has 0 aliphatic carbocycles. The first-order chi connectivity index (χ1) is 16.1. The molecule has 2 heterocycles. The summed E-state index contributed by atoms with van der Waals surface area (Å²) in [5, 5.41) is 8.95. The topological polar surface area (TPSA) is 101 Å². The van der Waals surface area contributed by atoms with Crippen LogP contribution in [0.4, 0.5) is 33.5 Å². The van der Waals surface area contributed by atoms with Gasteiger partial charge in [0.1, 0.15) is 23.2 Å². The number of morpholine rings is 1. The van der Waals surface area contributed by atoms with Crippen molar-refractivity contribution in [2.45, 2.75) is 13.8 Å². The summed E-state index contributed by atoms with van der Waals surface area (Å²) in [5.74, 6) is 3.07. The average Bonchev–Trinajstić information content (AvgIpc) is 2.82. The van der Waals surface area contributed by atoms with Crippen LogP contribution in [-0.4, -0.2) is 48.9 Å². The van der Waals surface area contributed by atoms with Crippen molar-refractivity contribution in [3.63, 3.8) is 0 Å². The van der Waals surface area contributed by atoms with Crippen LogP contribution in [0.1, 0.15) is 12.7 Å². The molecular weight excluding hydrogens is 420 g/mol. The summed E-state index contributed by atoms with van der Waals surface area (Å²) in [4.78, 5) is 23.5. The number of nitrogens with one attached hydrogen (secondary N) is 3. The minimum absolute atomic E-state index is 0.318. The van der Waals surface area contributed by atoms with E-state index in [2.05, 4.69) is 30.8 Å². The van der Waals surface area contributed by atoms with E-state index in [9.17, 15) is 4.79 Å². The Morgan fingerprint density at radius 2 is 1.58 bits per heavy atom. The molecule has 3 N–H and O–H groups in total. The number of amides is 2. The van der Waals surface area contributed by atoms with E-state index in [0.29, 0.717) is 37.0 Å². The molecule has 172 valence electrons. The second-order valence-electron chi connectivity index (χ2n) is 7.50. The summed E-state index contributed by atoms with van der Waals surface area (Å²) in [6, 6.07) is 16.3. The predicted molar refractivity (Wildman–Crippen MR) is 130 cm³/mol. The van der Waals surface area contributed by atoms with Crippen LogP contribution < -0.4 is 25.6 Å². The Morgan fingerprint density at radius 1 is 0.970 bits per heavy atom. The van der Waals surface area contributed by atoms with Gasteiger partial charge in [0.25, 0.3) is 0 Å². The van der Waals surface area contributed by atoms with Crippen LogP contribution in [0.5, 0.6) is 5.75 Å². The van der Waals surface area contributed by atoms with Crippen molar-refractivity contribution in [2.24, 2.45) is 0 Å². The number of urea groups is 1. The van der Waals surface area contributed by atoms with Gasteiger partial charge in [-0.05, 0) is 62.4 Å². The summed E-state index contributed by atoms with van der Waals surface area (Å²) in [7, 11) is 0. The van der Waals surface area contributed by atoms with Crippen LogP contribution in [0.15, 0.2) is 54.6 Å². The molecule has 9 heteroatoms. The highest BCUT2D eigenvalue weighted by Gasteiger charge is 2.14. The molecule has 1 aliphatic heterocycles. The fourth-order valence-electron chi connectivity index (χ4n) is 3.45. The smallest absolute Gasteiger partial charge is 0.323 e. The van der Waals surface area contributed by atoms with Crippen molar-refractivity contribution in [2.75, 3.05) is 53.8 Å². The Morgan fingerprint density at radius 3 is 2.21 bits per heavy atom. The molecule has 0 bridgehead atoms. The Hall–Kier alpha value is -3.85. The van der Waals surface area contributed by atoms with Crippen LogP contribution in [0, 0.1) is 6.92 Å². The molecule has 0 spiro atoms. The number of aryl methyl sites for hydroxylation is 1. The summed E-state index contributed by atoms with van der Waals surface area (Å²) in [5.41, 5.74) is 2.22. The van der Waals surface area contributed by atoms with Gasteiger partial charge in [-0.2, -0.15) is 0 Å². The first-order valence-corrected chi connectivity index (χ1v) is 11.0. The number of nitrogens with zero attached hydrogens (tertiary/aromatic N) is 3. The molecule has 4 rings (SSSR count). The Kier molecular flexibility index (Phi) is 7.21. The van der Waals surface area contributed by atoms with Gasteiger partial charge in [0.15, 0.2) is 0 Å². The molecule has 1 aliphatic rings. The molecule has 9 nitrogen and oxygen atoms in total. The lowest BCUT2D eigenvalue weighted by molar-refractivity contribution is 0.122. The van der Waals surface area contributed by atoms with Crippen LogP contribution in [-0.2, 0) is 4.74 Å². The zero-order valence-electron chi connectivity index (χ0n) is 18.8. The number of carbonyl (C=O) groups is 1. The number of aromatic nitrogens is 2. The average molecular weight is 449 g/mol. The molecule has 1 aromatic heterocycles. The zero-order chi connectivity index (χ0) is 23.0. The quantitative estimate of drug-likeness (QED) is 0.492. The Bertz CT molecular complexity index is 1070. The first-order valence-electron chi connectivity index (χ1n) is 11.0. The van der Waals surface area contributed by atoms with E-state index in [1.807, 2.05) is 56.3 Å². The lowest BCUT2D eigenvalue weighted by Gasteiger charge is -2.28. The molecule has 33 heavy (non-hydrogen) atoms. The van der Waals surface area contributed by atoms with Crippen LogP contribution in [0.25, 0.3) is 0 Å². The largest absolute Gasteiger partial charge is 0.494 e. The second-order valence-corrected chi connectivity index (χ2v) is 7.50. The van der Waals surface area contributed by atoms with Gasteiger partial charge in [-0.3, -0.25) is 0 Å². The molecule has 2 aromatic carbocycles. The van der Waals surface area contributed by atoms with Crippen LogP contribution >= 0.6 is 0 Å². The van der Waals surface area contributed by atoms with E-state index in [0.717, 1.165) is 36.2 Å². The van der Waals surface area contributed by atoms with Crippen molar-refractivity contribution in [1.29, 1.82) is 0 Å². The third-order valence-electron chi connectivity index (χ3n) is 5.00. The van der Waals surface area contributed by atoms with Gasteiger partial charge in [0.05, 0.1) is 19.8 Å². The molecular formula is C24H28N6O3. The number of ether oxygens (including phenoxy) is 2. The zero-order valence-corrected chi connectivity index (χ0v) is 18.8. The van der Waals surface area contributed by atoms with Crippen LogP contribution in [0.2, 0.25) is 0 Å². The van der Waals surface area contributed by atoms with Gasteiger partial charge in [0, 0.05) is 36.2 Å². The maximum Gasteiger partial charge on any atom is 0.323 e. The summed E-state index contributed by atoms with van der Waals surface area (Å²) < 4.78 is 10.8.